The minimum Gasteiger partial charge on any atom is -0.352 e. The van der Waals surface area contributed by atoms with E-state index in [2.05, 4.69) is 20.4 Å². The van der Waals surface area contributed by atoms with Gasteiger partial charge in [-0.05, 0) is 72.3 Å². The Kier molecular flexibility index (Phi) is 9.04. The maximum atomic E-state index is 12.1. The Balaban J connectivity index is 2.47. The van der Waals surface area contributed by atoms with Crippen LogP contribution in [0.2, 0.25) is 0 Å². The molecule has 0 heterocycles. The average Bonchev–Trinajstić information content (AvgIpc) is 2.55. The third-order valence-electron chi connectivity index (χ3n) is 3.52. The molecule has 134 valence electrons. The van der Waals surface area contributed by atoms with Crippen molar-refractivity contribution in [2.45, 2.75) is 12.8 Å². The fourth-order valence-electron chi connectivity index (χ4n) is 2.20. The van der Waals surface area contributed by atoms with Crippen LogP contribution in [0.15, 0.2) is 24.3 Å². The summed E-state index contributed by atoms with van der Waals surface area (Å²) < 4.78 is 0. The fourth-order valence-corrected chi connectivity index (χ4v) is 2.20. The molecular formula is C18H30N4O2. The van der Waals surface area contributed by atoms with E-state index >= 15 is 0 Å². The standard InChI is InChI=1S/C18H30N4O2/c1-21(2)12-6-10-19-17(23)15-8-5-9-16(14-15)18(24)20-11-7-13-22(3)4/h5,8-9,14H,6-7,10-13H2,1-4H3,(H,19,23)(H,20,24). The topological polar surface area (TPSA) is 64.7 Å². The first-order valence-corrected chi connectivity index (χ1v) is 8.36. The summed E-state index contributed by atoms with van der Waals surface area (Å²) in [6.45, 7) is 3.10. The lowest BCUT2D eigenvalue weighted by atomic mass is 10.1. The molecule has 0 aliphatic carbocycles. The molecule has 1 aromatic rings. The molecule has 24 heavy (non-hydrogen) atoms. The predicted molar refractivity (Wildman–Crippen MR) is 97.5 cm³/mol. The molecule has 0 atom stereocenters. The molecule has 0 spiro atoms. The Bertz CT molecular complexity index is 486. The monoisotopic (exact) mass is 334 g/mol. The van der Waals surface area contributed by atoms with E-state index in [0.29, 0.717) is 24.2 Å². The molecule has 1 rings (SSSR count). The molecule has 0 saturated heterocycles. The highest BCUT2D eigenvalue weighted by Gasteiger charge is 2.10. The first-order valence-electron chi connectivity index (χ1n) is 8.36. The highest BCUT2D eigenvalue weighted by Crippen LogP contribution is 2.05. The molecule has 0 saturated carbocycles. The van der Waals surface area contributed by atoms with Gasteiger partial charge in [0.05, 0.1) is 0 Å². The molecule has 0 bridgehead atoms. The largest absolute Gasteiger partial charge is 0.352 e. The van der Waals surface area contributed by atoms with Crippen LogP contribution in [0.4, 0.5) is 0 Å². The summed E-state index contributed by atoms with van der Waals surface area (Å²) in [6, 6.07) is 6.83. The van der Waals surface area contributed by atoms with Gasteiger partial charge in [0.15, 0.2) is 0 Å². The van der Waals surface area contributed by atoms with Crippen molar-refractivity contribution in [2.24, 2.45) is 0 Å². The van der Waals surface area contributed by atoms with Crippen LogP contribution in [0.5, 0.6) is 0 Å². The minimum absolute atomic E-state index is 0.143. The Labute approximate surface area is 145 Å². The van der Waals surface area contributed by atoms with Gasteiger partial charge in [0.1, 0.15) is 0 Å². The lowest BCUT2D eigenvalue weighted by Crippen LogP contribution is -2.29. The zero-order valence-corrected chi connectivity index (χ0v) is 15.3. The van der Waals surface area contributed by atoms with Crippen LogP contribution in [-0.2, 0) is 0 Å². The maximum Gasteiger partial charge on any atom is 0.251 e. The first-order chi connectivity index (χ1) is 11.4. The van der Waals surface area contributed by atoms with Crippen molar-refractivity contribution < 1.29 is 9.59 Å². The Morgan fingerprint density at radius 3 is 1.62 bits per heavy atom. The van der Waals surface area contributed by atoms with E-state index in [1.165, 1.54) is 0 Å². The van der Waals surface area contributed by atoms with Gasteiger partial charge in [-0.3, -0.25) is 9.59 Å². The predicted octanol–water partition coefficient (Wildman–Crippen LogP) is 1.05. The molecule has 0 aliphatic heterocycles. The molecule has 2 N–H and O–H groups in total. The number of carbonyl (C=O) groups is 2. The number of nitrogens with zero attached hydrogens (tertiary/aromatic N) is 2. The molecule has 0 aromatic heterocycles. The Morgan fingerprint density at radius 1 is 0.833 bits per heavy atom. The van der Waals surface area contributed by atoms with Crippen molar-refractivity contribution in [2.75, 3.05) is 54.4 Å². The second kappa shape index (κ2) is 10.8. The van der Waals surface area contributed by atoms with Gasteiger partial charge in [-0.25, -0.2) is 0 Å². The fraction of sp³-hybridized carbons (Fsp3) is 0.556. The van der Waals surface area contributed by atoms with Crippen LogP contribution >= 0.6 is 0 Å². The van der Waals surface area contributed by atoms with E-state index in [4.69, 9.17) is 0 Å². The van der Waals surface area contributed by atoms with Crippen molar-refractivity contribution in [1.82, 2.24) is 20.4 Å². The van der Waals surface area contributed by atoms with Crippen LogP contribution < -0.4 is 10.6 Å². The molecule has 0 aliphatic rings. The highest BCUT2D eigenvalue weighted by molar-refractivity contribution is 5.99. The van der Waals surface area contributed by atoms with Gasteiger partial charge in [-0.15, -0.1) is 0 Å². The van der Waals surface area contributed by atoms with E-state index in [0.717, 1.165) is 25.9 Å². The number of rotatable bonds is 10. The summed E-state index contributed by atoms with van der Waals surface area (Å²) in [4.78, 5) is 28.4. The molecule has 2 amide bonds. The normalized spacial score (nSPS) is 10.9. The third-order valence-corrected chi connectivity index (χ3v) is 3.52. The molecule has 0 radical (unpaired) electrons. The second-order valence-electron chi connectivity index (χ2n) is 6.41. The van der Waals surface area contributed by atoms with Crippen LogP contribution in [0.25, 0.3) is 0 Å². The van der Waals surface area contributed by atoms with Gasteiger partial charge in [0.25, 0.3) is 11.8 Å². The van der Waals surface area contributed by atoms with Crippen molar-refractivity contribution in [3.63, 3.8) is 0 Å². The number of hydrogen-bond acceptors (Lipinski definition) is 4. The van der Waals surface area contributed by atoms with Crippen molar-refractivity contribution >= 4 is 11.8 Å². The van der Waals surface area contributed by atoms with Gasteiger partial charge in [0, 0.05) is 24.2 Å². The lowest BCUT2D eigenvalue weighted by molar-refractivity contribution is 0.0951. The van der Waals surface area contributed by atoms with Gasteiger partial charge in [-0.2, -0.15) is 0 Å². The van der Waals surface area contributed by atoms with Crippen molar-refractivity contribution in [3.8, 4) is 0 Å². The van der Waals surface area contributed by atoms with Crippen LogP contribution in [-0.4, -0.2) is 76.0 Å². The summed E-state index contributed by atoms with van der Waals surface area (Å²) in [5.74, 6) is -0.285. The average molecular weight is 334 g/mol. The summed E-state index contributed by atoms with van der Waals surface area (Å²) >= 11 is 0. The van der Waals surface area contributed by atoms with Gasteiger partial charge in [0.2, 0.25) is 0 Å². The van der Waals surface area contributed by atoms with Gasteiger partial charge < -0.3 is 20.4 Å². The van der Waals surface area contributed by atoms with E-state index in [1.54, 1.807) is 24.3 Å². The zero-order chi connectivity index (χ0) is 17.9. The Hall–Kier alpha value is -1.92. The summed E-state index contributed by atoms with van der Waals surface area (Å²) in [7, 11) is 8.01. The summed E-state index contributed by atoms with van der Waals surface area (Å²) in [5, 5.41) is 5.76. The molecular weight excluding hydrogens is 304 g/mol. The molecule has 6 heteroatoms. The number of nitrogens with one attached hydrogen (secondary N) is 2. The summed E-state index contributed by atoms with van der Waals surface area (Å²) in [6.07, 6.45) is 1.79. The number of carbonyl (C=O) groups excluding carboxylic acids is 2. The quantitative estimate of drug-likeness (QED) is 0.628. The molecule has 0 fully saturated rings. The SMILES string of the molecule is CN(C)CCCNC(=O)c1cccc(C(=O)NCCCN(C)C)c1. The number of benzene rings is 1. The minimum atomic E-state index is -0.143. The number of amides is 2. The zero-order valence-electron chi connectivity index (χ0n) is 15.3. The van der Waals surface area contributed by atoms with Gasteiger partial charge >= 0.3 is 0 Å². The van der Waals surface area contributed by atoms with E-state index in [1.807, 2.05) is 28.2 Å². The molecule has 1 aromatic carbocycles. The van der Waals surface area contributed by atoms with Crippen molar-refractivity contribution in [1.29, 1.82) is 0 Å². The maximum absolute atomic E-state index is 12.1. The first kappa shape index (κ1) is 20.1. The van der Waals surface area contributed by atoms with Crippen LogP contribution in [0.3, 0.4) is 0 Å². The molecule has 0 unspecified atom stereocenters. The smallest absolute Gasteiger partial charge is 0.251 e. The van der Waals surface area contributed by atoms with E-state index in [9.17, 15) is 9.59 Å². The van der Waals surface area contributed by atoms with Crippen LogP contribution in [0.1, 0.15) is 33.6 Å². The summed E-state index contributed by atoms with van der Waals surface area (Å²) in [5.41, 5.74) is 1.03. The van der Waals surface area contributed by atoms with Crippen LogP contribution in [0, 0.1) is 0 Å². The van der Waals surface area contributed by atoms with E-state index < -0.39 is 0 Å². The number of hydrogen-bond donors (Lipinski definition) is 2. The second-order valence-corrected chi connectivity index (χ2v) is 6.41. The highest BCUT2D eigenvalue weighted by atomic mass is 16.2. The van der Waals surface area contributed by atoms with E-state index in [-0.39, 0.29) is 11.8 Å². The van der Waals surface area contributed by atoms with Crippen molar-refractivity contribution in [3.05, 3.63) is 35.4 Å². The third kappa shape index (κ3) is 8.08. The lowest BCUT2D eigenvalue weighted by Gasteiger charge is -2.11. The molecule has 6 nitrogen and oxygen atoms in total. The Morgan fingerprint density at radius 2 is 1.25 bits per heavy atom. The van der Waals surface area contributed by atoms with Gasteiger partial charge in [-0.1, -0.05) is 6.07 Å².